The lowest BCUT2D eigenvalue weighted by molar-refractivity contribution is -0.384. The molecule has 0 saturated heterocycles. The lowest BCUT2D eigenvalue weighted by Crippen LogP contribution is -2.04. The van der Waals surface area contributed by atoms with Crippen LogP contribution in [0.15, 0.2) is 30.3 Å². The van der Waals surface area contributed by atoms with Crippen LogP contribution in [0, 0.1) is 17.0 Å². The fraction of sp³-hybridized carbons (Fsp3) is 0.167. The van der Waals surface area contributed by atoms with Crippen molar-refractivity contribution in [2.45, 2.75) is 6.92 Å². The van der Waals surface area contributed by atoms with Crippen molar-refractivity contribution in [2.75, 3.05) is 7.11 Å². The van der Waals surface area contributed by atoms with Gasteiger partial charge in [-0.25, -0.2) is 9.48 Å². The van der Waals surface area contributed by atoms with Gasteiger partial charge in [0, 0.05) is 17.8 Å². The number of esters is 1. The predicted molar refractivity (Wildman–Crippen MR) is 66.3 cm³/mol. The fourth-order valence-electron chi connectivity index (χ4n) is 1.68. The Morgan fingerprint density at radius 3 is 2.79 bits per heavy atom. The van der Waals surface area contributed by atoms with E-state index in [2.05, 4.69) is 9.84 Å². The molecule has 2 rings (SSSR count). The molecular formula is C12H11N3O4. The number of aryl methyl sites for hydroxylation is 1. The number of nitro groups is 1. The number of rotatable bonds is 3. The zero-order valence-electron chi connectivity index (χ0n) is 10.4. The zero-order valence-corrected chi connectivity index (χ0v) is 10.4. The van der Waals surface area contributed by atoms with Crippen molar-refractivity contribution >= 4 is 11.7 Å². The van der Waals surface area contributed by atoms with Crippen LogP contribution in [0.3, 0.4) is 0 Å². The highest BCUT2D eigenvalue weighted by Crippen LogP contribution is 2.18. The van der Waals surface area contributed by atoms with Crippen LogP contribution in [0.2, 0.25) is 0 Å². The van der Waals surface area contributed by atoms with Crippen LogP contribution in [-0.2, 0) is 4.74 Å². The summed E-state index contributed by atoms with van der Waals surface area (Å²) in [4.78, 5) is 21.6. The summed E-state index contributed by atoms with van der Waals surface area (Å²) in [5.74, 6) is -0.549. The quantitative estimate of drug-likeness (QED) is 0.478. The Hall–Kier alpha value is -2.70. The van der Waals surface area contributed by atoms with Gasteiger partial charge in [-0.15, -0.1) is 0 Å². The highest BCUT2D eigenvalue weighted by atomic mass is 16.6. The molecule has 2 aromatic rings. The van der Waals surface area contributed by atoms with Gasteiger partial charge in [0.25, 0.3) is 5.69 Å². The Morgan fingerprint density at radius 1 is 1.42 bits per heavy atom. The number of nitrogens with zero attached hydrogens (tertiary/aromatic N) is 3. The van der Waals surface area contributed by atoms with Gasteiger partial charge in [-0.3, -0.25) is 10.1 Å². The van der Waals surface area contributed by atoms with Gasteiger partial charge in [-0.05, 0) is 19.1 Å². The van der Waals surface area contributed by atoms with Gasteiger partial charge in [-0.1, -0.05) is 6.07 Å². The smallest absolute Gasteiger partial charge is 0.358 e. The maximum absolute atomic E-state index is 11.4. The lowest BCUT2D eigenvalue weighted by Gasteiger charge is -2.03. The first kappa shape index (κ1) is 12.7. The van der Waals surface area contributed by atoms with E-state index < -0.39 is 10.9 Å². The average molecular weight is 261 g/mol. The number of non-ortho nitro benzene ring substituents is 1. The molecule has 7 heteroatoms. The molecule has 1 heterocycles. The van der Waals surface area contributed by atoms with Crippen LogP contribution in [0.5, 0.6) is 0 Å². The Morgan fingerprint density at radius 2 is 2.16 bits per heavy atom. The highest BCUT2D eigenvalue weighted by molar-refractivity contribution is 5.87. The van der Waals surface area contributed by atoms with Gasteiger partial charge < -0.3 is 4.74 Å². The van der Waals surface area contributed by atoms with E-state index in [1.165, 1.54) is 23.9 Å². The summed E-state index contributed by atoms with van der Waals surface area (Å²) in [6, 6.07) is 7.58. The molecule has 1 aromatic carbocycles. The molecule has 0 unspecified atom stereocenters. The average Bonchev–Trinajstić information content (AvgIpc) is 2.80. The van der Waals surface area contributed by atoms with Gasteiger partial charge in [0.05, 0.1) is 17.7 Å². The topological polar surface area (TPSA) is 87.3 Å². The third kappa shape index (κ3) is 2.44. The van der Waals surface area contributed by atoms with Gasteiger partial charge >= 0.3 is 5.97 Å². The second kappa shape index (κ2) is 4.89. The first-order chi connectivity index (χ1) is 9.02. The summed E-state index contributed by atoms with van der Waals surface area (Å²) in [5.41, 5.74) is 1.32. The number of hydrogen-bond donors (Lipinski definition) is 0. The van der Waals surface area contributed by atoms with E-state index in [4.69, 9.17) is 0 Å². The number of nitro benzene ring substituents is 1. The first-order valence-corrected chi connectivity index (χ1v) is 5.42. The van der Waals surface area contributed by atoms with E-state index in [0.717, 1.165) is 0 Å². The molecule has 19 heavy (non-hydrogen) atoms. The third-order valence-electron chi connectivity index (χ3n) is 2.57. The van der Waals surface area contributed by atoms with Crippen molar-refractivity contribution in [3.63, 3.8) is 0 Å². The largest absolute Gasteiger partial charge is 0.464 e. The maximum Gasteiger partial charge on any atom is 0.358 e. The molecule has 0 amide bonds. The van der Waals surface area contributed by atoms with Crippen LogP contribution in [0.4, 0.5) is 5.69 Å². The number of ether oxygens (including phenoxy) is 1. The number of carbonyl (C=O) groups excluding carboxylic acids is 1. The van der Waals surface area contributed by atoms with Crippen molar-refractivity contribution in [3.8, 4) is 5.69 Å². The zero-order chi connectivity index (χ0) is 14.0. The Labute approximate surface area is 108 Å². The van der Waals surface area contributed by atoms with E-state index in [0.29, 0.717) is 11.4 Å². The molecule has 98 valence electrons. The van der Waals surface area contributed by atoms with Crippen LogP contribution >= 0.6 is 0 Å². The Balaban J connectivity index is 2.47. The summed E-state index contributed by atoms with van der Waals surface area (Å²) >= 11 is 0. The monoisotopic (exact) mass is 261 g/mol. The Kier molecular flexibility index (Phi) is 3.28. The number of aromatic nitrogens is 2. The molecule has 0 spiro atoms. The van der Waals surface area contributed by atoms with Gasteiger partial charge in [-0.2, -0.15) is 5.10 Å². The molecule has 0 fully saturated rings. The molecule has 0 saturated carbocycles. The summed E-state index contributed by atoms with van der Waals surface area (Å²) in [7, 11) is 1.27. The van der Waals surface area contributed by atoms with E-state index in [9.17, 15) is 14.9 Å². The number of hydrogen-bond acceptors (Lipinski definition) is 5. The van der Waals surface area contributed by atoms with Crippen molar-refractivity contribution < 1.29 is 14.5 Å². The van der Waals surface area contributed by atoms with Crippen LogP contribution in [-0.4, -0.2) is 27.8 Å². The second-order valence-electron chi connectivity index (χ2n) is 3.85. The summed E-state index contributed by atoms with van der Waals surface area (Å²) in [5, 5.41) is 14.8. The van der Waals surface area contributed by atoms with Crippen molar-refractivity contribution in [3.05, 3.63) is 51.8 Å². The fourth-order valence-corrected chi connectivity index (χ4v) is 1.68. The summed E-state index contributed by atoms with van der Waals surface area (Å²) in [6.07, 6.45) is 0. The van der Waals surface area contributed by atoms with E-state index in [-0.39, 0.29) is 11.4 Å². The molecule has 0 aliphatic carbocycles. The molecular weight excluding hydrogens is 250 g/mol. The number of benzene rings is 1. The molecule has 0 bridgehead atoms. The minimum Gasteiger partial charge on any atom is -0.464 e. The molecule has 0 aliphatic rings. The molecule has 0 atom stereocenters. The summed E-state index contributed by atoms with van der Waals surface area (Å²) in [6.45, 7) is 1.75. The van der Waals surface area contributed by atoms with E-state index in [1.807, 2.05) is 0 Å². The Bertz CT molecular complexity index is 648. The third-order valence-corrected chi connectivity index (χ3v) is 2.57. The van der Waals surface area contributed by atoms with Gasteiger partial charge in [0.1, 0.15) is 0 Å². The lowest BCUT2D eigenvalue weighted by atomic mass is 10.3. The highest BCUT2D eigenvalue weighted by Gasteiger charge is 2.14. The second-order valence-corrected chi connectivity index (χ2v) is 3.85. The van der Waals surface area contributed by atoms with Crippen molar-refractivity contribution in [1.29, 1.82) is 0 Å². The molecule has 0 radical (unpaired) electrons. The normalized spacial score (nSPS) is 10.2. The SMILES string of the molecule is COC(=O)c1cc(C)n(-c2cccc([N+](=O)[O-])c2)n1. The molecule has 7 nitrogen and oxygen atoms in total. The van der Waals surface area contributed by atoms with Gasteiger partial charge in [0.2, 0.25) is 0 Å². The molecule has 0 aliphatic heterocycles. The maximum atomic E-state index is 11.4. The standard InChI is InChI=1S/C12H11N3O4/c1-8-6-11(12(16)19-2)13-14(8)9-4-3-5-10(7-9)15(17)18/h3-7H,1-2H3. The van der Waals surface area contributed by atoms with Crippen molar-refractivity contribution in [2.24, 2.45) is 0 Å². The van der Waals surface area contributed by atoms with Gasteiger partial charge in [0.15, 0.2) is 5.69 Å². The number of methoxy groups -OCH3 is 1. The van der Waals surface area contributed by atoms with E-state index in [1.54, 1.807) is 25.1 Å². The van der Waals surface area contributed by atoms with Crippen LogP contribution < -0.4 is 0 Å². The first-order valence-electron chi connectivity index (χ1n) is 5.42. The minimum atomic E-state index is -0.549. The summed E-state index contributed by atoms with van der Waals surface area (Å²) < 4.78 is 6.04. The number of carbonyl (C=O) groups is 1. The predicted octanol–water partition coefficient (Wildman–Crippen LogP) is 1.88. The van der Waals surface area contributed by atoms with Crippen molar-refractivity contribution in [1.82, 2.24) is 9.78 Å². The molecule has 1 aromatic heterocycles. The van der Waals surface area contributed by atoms with Crippen LogP contribution in [0.1, 0.15) is 16.2 Å². The van der Waals surface area contributed by atoms with E-state index >= 15 is 0 Å². The molecule has 0 N–H and O–H groups in total. The van der Waals surface area contributed by atoms with Crippen LogP contribution in [0.25, 0.3) is 5.69 Å². The minimum absolute atomic E-state index is 0.0352.